The van der Waals surface area contributed by atoms with E-state index in [0.717, 1.165) is 29.1 Å². The van der Waals surface area contributed by atoms with Crippen molar-refractivity contribution in [2.75, 3.05) is 0 Å². The number of hydrogen-bond donors (Lipinski definition) is 0. The van der Waals surface area contributed by atoms with E-state index in [1.165, 1.54) is 0 Å². The molecule has 0 N–H and O–H groups in total. The maximum atomic E-state index is 4.60. The fourth-order valence-corrected chi connectivity index (χ4v) is 1.69. The lowest BCUT2D eigenvalue weighted by Gasteiger charge is -2.05. The minimum atomic E-state index is 0.795. The standard InChI is InChI=1S/C15H16N2/c1-3-14-12(2)11-16-15(17-14)13-9-7-5-4-6-8-10-13/h4-11H,3H2,1-2H3. The summed E-state index contributed by atoms with van der Waals surface area (Å²) in [6, 6.07) is 0. The van der Waals surface area contributed by atoms with Crippen molar-refractivity contribution < 1.29 is 0 Å². The number of aryl methyl sites for hydroxylation is 2. The second kappa shape index (κ2) is 5.39. The molecule has 1 aliphatic carbocycles. The average Bonchev–Trinajstić information content (AvgIpc) is 2.30. The van der Waals surface area contributed by atoms with Crippen molar-refractivity contribution in [3.05, 3.63) is 65.8 Å². The van der Waals surface area contributed by atoms with E-state index in [-0.39, 0.29) is 0 Å². The summed E-state index contributed by atoms with van der Waals surface area (Å²) >= 11 is 0. The highest BCUT2D eigenvalue weighted by Gasteiger charge is 2.04. The smallest absolute Gasteiger partial charge is 0.159 e. The minimum absolute atomic E-state index is 0.795. The molecule has 17 heavy (non-hydrogen) atoms. The number of aromatic nitrogens is 2. The number of nitrogens with zero attached hydrogens (tertiary/aromatic N) is 2. The molecule has 2 heteroatoms. The minimum Gasteiger partial charge on any atom is -0.236 e. The summed E-state index contributed by atoms with van der Waals surface area (Å²) in [5, 5.41) is 0. The Kier molecular flexibility index (Phi) is 3.66. The Morgan fingerprint density at radius 3 is 2.65 bits per heavy atom. The molecule has 0 fully saturated rings. The van der Waals surface area contributed by atoms with Crippen molar-refractivity contribution in [3.63, 3.8) is 0 Å². The second-order valence-electron chi connectivity index (χ2n) is 3.93. The van der Waals surface area contributed by atoms with E-state index in [1.54, 1.807) is 0 Å². The lowest BCUT2D eigenvalue weighted by Crippen LogP contribution is -2.00. The molecule has 0 saturated carbocycles. The van der Waals surface area contributed by atoms with Gasteiger partial charge in [-0.1, -0.05) is 49.5 Å². The van der Waals surface area contributed by atoms with Crippen LogP contribution < -0.4 is 0 Å². The molecule has 0 aliphatic heterocycles. The molecule has 0 spiro atoms. The maximum absolute atomic E-state index is 4.60. The highest BCUT2D eigenvalue weighted by molar-refractivity contribution is 5.71. The van der Waals surface area contributed by atoms with Crippen LogP contribution in [0.1, 0.15) is 24.0 Å². The largest absolute Gasteiger partial charge is 0.236 e. The molecule has 1 heterocycles. The monoisotopic (exact) mass is 224 g/mol. The van der Waals surface area contributed by atoms with Gasteiger partial charge in [-0.05, 0) is 18.9 Å². The normalized spacial score (nSPS) is 14.4. The summed E-state index contributed by atoms with van der Waals surface area (Å²) in [5.74, 6) is 0.795. The van der Waals surface area contributed by atoms with Crippen LogP contribution in [-0.2, 0) is 6.42 Å². The van der Waals surface area contributed by atoms with Gasteiger partial charge in [-0.25, -0.2) is 9.97 Å². The summed E-state index contributed by atoms with van der Waals surface area (Å²) < 4.78 is 0. The molecular formula is C15H16N2. The van der Waals surface area contributed by atoms with Crippen molar-refractivity contribution in [1.29, 1.82) is 0 Å². The van der Waals surface area contributed by atoms with Gasteiger partial charge in [0.2, 0.25) is 0 Å². The Bertz CT molecular complexity index is 520. The van der Waals surface area contributed by atoms with E-state index in [0.29, 0.717) is 0 Å². The molecule has 0 amide bonds. The van der Waals surface area contributed by atoms with E-state index in [2.05, 4.69) is 16.9 Å². The van der Waals surface area contributed by atoms with Crippen LogP contribution in [0.2, 0.25) is 0 Å². The molecule has 0 saturated heterocycles. The van der Waals surface area contributed by atoms with Crippen LogP contribution in [0.3, 0.4) is 0 Å². The zero-order valence-corrected chi connectivity index (χ0v) is 10.2. The summed E-state index contributed by atoms with van der Waals surface area (Å²) in [6.07, 6.45) is 16.9. The molecule has 86 valence electrons. The SMILES string of the molecule is CCc1nc(C2=CC=CC=CC=C2)ncc1C. The van der Waals surface area contributed by atoms with Crippen LogP contribution in [0.5, 0.6) is 0 Å². The maximum Gasteiger partial charge on any atom is 0.159 e. The van der Waals surface area contributed by atoms with Gasteiger partial charge in [0.25, 0.3) is 0 Å². The van der Waals surface area contributed by atoms with E-state index < -0.39 is 0 Å². The molecule has 2 nitrogen and oxygen atoms in total. The molecule has 1 aromatic heterocycles. The third-order valence-corrected chi connectivity index (χ3v) is 2.67. The third kappa shape index (κ3) is 2.78. The van der Waals surface area contributed by atoms with Gasteiger partial charge >= 0.3 is 0 Å². The summed E-state index contributed by atoms with van der Waals surface area (Å²) in [4.78, 5) is 8.99. The zero-order valence-electron chi connectivity index (χ0n) is 10.2. The molecule has 0 atom stereocenters. The van der Waals surface area contributed by atoms with Crippen LogP contribution in [0.15, 0.2) is 48.7 Å². The van der Waals surface area contributed by atoms with E-state index in [1.807, 2.05) is 55.7 Å². The number of allylic oxidation sites excluding steroid dienone is 8. The molecular weight excluding hydrogens is 208 g/mol. The van der Waals surface area contributed by atoms with E-state index in [9.17, 15) is 0 Å². The predicted octanol–water partition coefficient (Wildman–Crippen LogP) is 3.41. The molecule has 0 unspecified atom stereocenters. The van der Waals surface area contributed by atoms with Gasteiger partial charge in [-0.15, -0.1) is 0 Å². The van der Waals surface area contributed by atoms with Crippen LogP contribution >= 0.6 is 0 Å². The third-order valence-electron chi connectivity index (χ3n) is 2.67. The highest BCUT2D eigenvalue weighted by atomic mass is 14.9. The average molecular weight is 224 g/mol. The Labute approximate surface area is 102 Å². The highest BCUT2D eigenvalue weighted by Crippen LogP contribution is 2.15. The van der Waals surface area contributed by atoms with Crippen LogP contribution in [-0.4, -0.2) is 9.97 Å². The number of rotatable bonds is 2. The van der Waals surface area contributed by atoms with Gasteiger partial charge in [-0.3, -0.25) is 0 Å². The zero-order chi connectivity index (χ0) is 12.1. The van der Waals surface area contributed by atoms with Gasteiger partial charge in [-0.2, -0.15) is 0 Å². The van der Waals surface area contributed by atoms with E-state index >= 15 is 0 Å². The molecule has 2 rings (SSSR count). The molecule has 0 aromatic carbocycles. The summed E-state index contributed by atoms with van der Waals surface area (Å²) in [6.45, 7) is 4.16. The van der Waals surface area contributed by atoms with Crippen molar-refractivity contribution in [2.45, 2.75) is 20.3 Å². The fourth-order valence-electron chi connectivity index (χ4n) is 1.69. The van der Waals surface area contributed by atoms with Crippen LogP contribution in [0.4, 0.5) is 0 Å². The molecule has 1 aromatic rings. The van der Waals surface area contributed by atoms with E-state index in [4.69, 9.17) is 0 Å². The Balaban J connectivity index is 2.39. The Morgan fingerprint density at radius 1 is 1.06 bits per heavy atom. The molecule has 0 radical (unpaired) electrons. The first-order chi connectivity index (χ1) is 8.31. The van der Waals surface area contributed by atoms with Crippen molar-refractivity contribution in [2.24, 2.45) is 0 Å². The first-order valence-corrected chi connectivity index (χ1v) is 5.86. The van der Waals surface area contributed by atoms with Gasteiger partial charge in [0.05, 0.1) is 0 Å². The summed E-state index contributed by atoms with van der Waals surface area (Å²) in [5.41, 5.74) is 3.31. The van der Waals surface area contributed by atoms with Gasteiger partial charge in [0.15, 0.2) is 5.82 Å². The molecule has 1 aliphatic rings. The van der Waals surface area contributed by atoms with Gasteiger partial charge in [0.1, 0.15) is 0 Å². The Hall–Kier alpha value is -1.96. The fraction of sp³-hybridized carbons (Fsp3) is 0.200. The van der Waals surface area contributed by atoms with Crippen molar-refractivity contribution in [1.82, 2.24) is 9.97 Å². The number of hydrogen-bond acceptors (Lipinski definition) is 2. The van der Waals surface area contributed by atoms with Crippen molar-refractivity contribution in [3.8, 4) is 0 Å². The van der Waals surface area contributed by atoms with Crippen LogP contribution in [0.25, 0.3) is 5.57 Å². The molecule has 0 bridgehead atoms. The first kappa shape index (κ1) is 11.5. The topological polar surface area (TPSA) is 25.8 Å². The Morgan fingerprint density at radius 2 is 1.82 bits per heavy atom. The van der Waals surface area contributed by atoms with Gasteiger partial charge in [0, 0.05) is 17.5 Å². The second-order valence-corrected chi connectivity index (χ2v) is 3.93. The van der Waals surface area contributed by atoms with Gasteiger partial charge < -0.3 is 0 Å². The lowest BCUT2D eigenvalue weighted by atomic mass is 10.1. The predicted molar refractivity (Wildman–Crippen MR) is 71.5 cm³/mol. The lowest BCUT2D eigenvalue weighted by molar-refractivity contribution is 0.954. The van der Waals surface area contributed by atoms with Crippen LogP contribution in [0, 0.1) is 6.92 Å². The summed E-state index contributed by atoms with van der Waals surface area (Å²) in [7, 11) is 0. The quantitative estimate of drug-likeness (QED) is 0.769. The van der Waals surface area contributed by atoms with Crippen molar-refractivity contribution >= 4 is 5.57 Å². The first-order valence-electron chi connectivity index (χ1n) is 5.86.